The van der Waals surface area contributed by atoms with Gasteiger partial charge in [0.2, 0.25) is 0 Å². The van der Waals surface area contributed by atoms with E-state index >= 15 is 0 Å². The van der Waals surface area contributed by atoms with Crippen molar-refractivity contribution in [1.82, 2.24) is 15.2 Å². The van der Waals surface area contributed by atoms with Crippen LogP contribution in [0.1, 0.15) is 29.0 Å². The first-order valence-electron chi connectivity index (χ1n) is 19.4. The largest absolute Gasteiger partial charge is 0.350 e. The molecule has 1 aliphatic heterocycles. The molecule has 0 bridgehead atoms. The minimum absolute atomic E-state index is 0.0963. The molecule has 2 atom stereocenters. The van der Waals surface area contributed by atoms with E-state index in [0.29, 0.717) is 0 Å². The van der Waals surface area contributed by atoms with E-state index < -0.39 is 0 Å². The summed E-state index contributed by atoms with van der Waals surface area (Å²) in [7, 11) is 0. The van der Waals surface area contributed by atoms with Crippen molar-refractivity contribution >= 4 is 90.7 Å². The number of aliphatic imine (C=N–C) groups is 1. The Balaban J connectivity index is 1.04. The number of nitrogens with zero attached hydrogens (tertiary/aromatic N) is 2. The summed E-state index contributed by atoms with van der Waals surface area (Å²) < 4.78 is 7.56. The van der Waals surface area contributed by atoms with Crippen molar-refractivity contribution in [2.24, 2.45) is 4.99 Å². The average molecular weight is 767 g/mol. The lowest BCUT2D eigenvalue weighted by Gasteiger charge is -2.32. The highest BCUT2D eigenvalue weighted by Gasteiger charge is 2.28. The molecule has 3 aromatic heterocycles. The minimum Gasteiger partial charge on any atom is -0.350 e. The molecular weight excluding hydrogens is 733 g/mol. The van der Waals surface area contributed by atoms with Crippen LogP contribution in [-0.4, -0.2) is 10.4 Å². The molecule has 0 saturated carbocycles. The van der Waals surface area contributed by atoms with Crippen LogP contribution in [0.25, 0.3) is 79.0 Å². The Morgan fingerprint density at radius 2 is 1.11 bits per heavy atom. The molecule has 0 aliphatic carbocycles. The second-order valence-corrected chi connectivity index (χ2v) is 16.9. The topological polar surface area (TPSA) is 41.4 Å². The number of amidine groups is 1. The summed E-state index contributed by atoms with van der Waals surface area (Å²) in [5.41, 5.74) is 9.59. The van der Waals surface area contributed by atoms with Crippen LogP contribution >= 0.6 is 22.7 Å². The highest BCUT2D eigenvalue weighted by atomic mass is 32.1. The lowest BCUT2D eigenvalue weighted by atomic mass is 9.95. The number of aromatic nitrogens is 1. The maximum absolute atomic E-state index is 5.33. The summed E-state index contributed by atoms with van der Waals surface area (Å²) in [5.74, 6) is 0.892. The van der Waals surface area contributed by atoms with Gasteiger partial charge in [0.1, 0.15) is 18.2 Å². The first-order valence-corrected chi connectivity index (χ1v) is 21.0. The smallest absolute Gasteiger partial charge is 0.131 e. The SMILES string of the molecule is c1ccc(C2=NC(c3cccc4c3sc3cccc(-c5cccc6sc7ccc(-n8c9ccccc9c9ccccc98)cc7c56)c34)NC(c3ccccc3)N2)cc1. The predicted octanol–water partition coefficient (Wildman–Crippen LogP) is 13.5. The van der Waals surface area contributed by atoms with Gasteiger partial charge in [0.25, 0.3) is 0 Å². The van der Waals surface area contributed by atoms with E-state index in [-0.39, 0.29) is 12.3 Å². The van der Waals surface area contributed by atoms with Crippen LogP contribution in [0.5, 0.6) is 0 Å². The summed E-state index contributed by atoms with van der Waals surface area (Å²) in [6, 6.07) is 66.0. The number of hydrogen-bond donors (Lipinski definition) is 2. The standard InChI is InChI=1S/C51H34N4S2/c1-3-14-31(15-4-1)49-52-50(32-16-5-2-6-17-32)54-51(53-49)39-23-11-22-38-46-36(20-13-27-45(46)57-48(38)39)37-21-12-26-44-47(37)40-30-33(28-29-43(40)56-44)55-41-24-9-7-18-34(41)35-19-8-10-25-42(35)55/h1-30,49,51,53H,(H,52,54). The molecule has 6 heteroatoms. The third-order valence-corrected chi connectivity index (χ3v) is 13.9. The number of fused-ring (bicyclic) bond motifs is 9. The Morgan fingerprint density at radius 3 is 1.84 bits per heavy atom. The van der Waals surface area contributed by atoms with Gasteiger partial charge < -0.3 is 9.88 Å². The van der Waals surface area contributed by atoms with Gasteiger partial charge in [-0.3, -0.25) is 5.32 Å². The van der Waals surface area contributed by atoms with E-state index in [2.05, 4.69) is 197 Å². The molecule has 0 saturated heterocycles. The van der Waals surface area contributed by atoms with Crippen LogP contribution in [0.15, 0.2) is 187 Å². The van der Waals surface area contributed by atoms with Gasteiger partial charge in [0.05, 0.1) is 11.0 Å². The molecule has 270 valence electrons. The highest BCUT2D eigenvalue weighted by Crippen LogP contribution is 2.47. The molecular formula is C51H34N4S2. The minimum atomic E-state index is -0.240. The van der Waals surface area contributed by atoms with Gasteiger partial charge in [-0.25, -0.2) is 4.99 Å². The number of nitrogens with one attached hydrogen (secondary N) is 2. The van der Waals surface area contributed by atoms with Crippen molar-refractivity contribution in [3.8, 4) is 16.8 Å². The summed E-state index contributed by atoms with van der Waals surface area (Å²) in [6.07, 6.45) is -0.337. The molecule has 0 radical (unpaired) electrons. The summed E-state index contributed by atoms with van der Waals surface area (Å²) in [5, 5.41) is 15.3. The van der Waals surface area contributed by atoms with Crippen LogP contribution in [0.2, 0.25) is 0 Å². The second-order valence-electron chi connectivity index (χ2n) is 14.7. The van der Waals surface area contributed by atoms with Crippen LogP contribution < -0.4 is 10.6 Å². The van der Waals surface area contributed by atoms with Gasteiger partial charge in [0, 0.05) is 67.9 Å². The molecule has 57 heavy (non-hydrogen) atoms. The lowest BCUT2D eigenvalue weighted by Crippen LogP contribution is -2.44. The molecule has 2 N–H and O–H groups in total. The van der Waals surface area contributed by atoms with Gasteiger partial charge in [0.15, 0.2) is 0 Å². The first kappa shape index (κ1) is 32.7. The molecule has 0 fully saturated rings. The van der Waals surface area contributed by atoms with E-state index in [0.717, 1.165) is 11.4 Å². The van der Waals surface area contributed by atoms with Crippen LogP contribution in [0.4, 0.5) is 0 Å². The molecule has 0 amide bonds. The summed E-state index contributed by atoms with van der Waals surface area (Å²) >= 11 is 3.75. The monoisotopic (exact) mass is 766 g/mol. The Morgan fingerprint density at radius 1 is 0.491 bits per heavy atom. The second kappa shape index (κ2) is 13.0. The van der Waals surface area contributed by atoms with Crippen LogP contribution in [0.3, 0.4) is 0 Å². The molecule has 0 spiro atoms. The Hall–Kier alpha value is -6.57. The molecule has 8 aromatic carbocycles. The van der Waals surface area contributed by atoms with Crippen LogP contribution in [-0.2, 0) is 0 Å². The number of para-hydroxylation sites is 2. The molecule has 4 nitrogen and oxygen atoms in total. The maximum Gasteiger partial charge on any atom is 0.131 e. The fourth-order valence-electron chi connectivity index (χ4n) is 8.97. The van der Waals surface area contributed by atoms with E-state index in [1.165, 1.54) is 90.1 Å². The third-order valence-electron chi connectivity index (χ3n) is 11.5. The Labute approximate surface area is 337 Å². The Bertz CT molecular complexity index is 3320. The number of thiophene rings is 2. The zero-order valence-corrected chi connectivity index (χ0v) is 32.3. The highest BCUT2D eigenvalue weighted by molar-refractivity contribution is 7.26. The van der Waals surface area contributed by atoms with Crippen molar-refractivity contribution in [2.45, 2.75) is 12.3 Å². The van der Waals surface area contributed by atoms with Crippen molar-refractivity contribution < 1.29 is 0 Å². The number of benzene rings is 8. The Kier molecular flexibility index (Phi) is 7.45. The molecule has 4 heterocycles. The molecule has 11 aromatic rings. The van der Waals surface area contributed by atoms with Gasteiger partial charge in [-0.2, -0.15) is 0 Å². The van der Waals surface area contributed by atoms with Gasteiger partial charge in [-0.1, -0.05) is 140 Å². The van der Waals surface area contributed by atoms with Crippen molar-refractivity contribution in [1.29, 1.82) is 0 Å². The van der Waals surface area contributed by atoms with E-state index in [1.807, 2.05) is 22.7 Å². The van der Waals surface area contributed by atoms with Gasteiger partial charge in [-0.15, -0.1) is 22.7 Å². The average Bonchev–Trinajstić information content (AvgIpc) is 3.96. The third kappa shape index (κ3) is 5.19. The number of rotatable bonds is 5. The van der Waals surface area contributed by atoms with Crippen molar-refractivity contribution in [3.63, 3.8) is 0 Å². The zero-order valence-electron chi connectivity index (χ0n) is 30.7. The molecule has 2 unspecified atom stereocenters. The van der Waals surface area contributed by atoms with Crippen LogP contribution in [0, 0.1) is 0 Å². The fraction of sp³-hybridized carbons (Fsp3) is 0.0392. The predicted molar refractivity (Wildman–Crippen MR) is 243 cm³/mol. The van der Waals surface area contributed by atoms with Crippen molar-refractivity contribution in [3.05, 3.63) is 199 Å². The first-order chi connectivity index (χ1) is 28.3. The summed E-state index contributed by atoms with van der Waals surface area (Å²) in [6.45, 7) is 0. The lowest BCUT2D eigenvalue weighted by molar-refractivity contribution is 0.411. The van der Waals surface area contributed by atoms with E-state index in [4.69, 9.17) is 4.99 Å². The quantitative estimate of drug-likeness (QED) is 0.183. The maximum atomic E-state index is 5.33. The number of hydrogen-bond acceptors (Lipinski definition) is 5. The van der Waals surface area contributed by atoms with E-state index in [9.17, 15) is 0 Å². The summed E-state index contributed by atoms with van der Waals surface area (Å²) in [4.78, 5) is 5.33. The van der Waals surface area contributed by atoms with Gasteiger partial charge >= 0.3 is 0 Å². The van der Waals surface area contributed by atoms with Gasteiger partial charge in [-0.05, 0) is 59.2 Å². The fourth-order valence-corrected chi connectivity index (χ4v) is 11.3. The molecule has 12 rings (SSSR count). The van der Waals surface area contributed by atoms with Crippen molar-refractivity contribution in [2.75, 3.05) is 0 Å². The van der Waals surface area contributed by atoms with E-state index in [1.54, 1.807) is 0 Å². The molecule has 1 aliphatic rings. The normalized spacial score (nSPS) is 15.9. The zero-order chi connectivity index (χ0) is 37.5.